The van der Waals surface area contributed by atoms with Crippen molar-refractivity contribution in [2.45, 2.75) is 6.54 Å². The summed E-state index contributed by atoms with van der Waals surface area (Å²) in [4.78, 5) is 11.8. The second-order valence-electron chi connectivity index (χ2n) is 4.99. The summed E-state index contributed by atoms with van der Waals surface area (Å²) in [6.45, 7) is 0.911. The third-order valence-electron chi connectivity index (χ3n) is 3.33. The van der Waals surface area contributed by atoms with E-state index >= 15 is 0 Å². The molecule has 1 aliphatic heterocycles. The Balaban J connectivity index is 1.87. The van der Waals surface area contributed by atoms with Crippen LogP contribution in [0.1, 0.15) is 0 Å². The zero-order valence-electron chi connectivity index (χ0n) is 10.6. The Morgan fingerprint density at radius 3 is 2.60 bits per heavy atom. The van der Waals surface area contributed by atoms with Crippen LogP contribution >= 0.6 is 0 Å². The van der Waals surface area contributed by atoms with Crippen molar-refractivity contribution < 1.29 is 18.7 Å². The van der Waals surface area contributed by atoms with Gasteiger partial charge in [-0.3, -0.25) is 0 Å². The third kappa shape index (κ3) is 2.25. The van der Waals surface area contributed by atoms with E-state index in [-0.39, 0.29) is 24.9 Å². The Kier molecular flexibility index (Phi) is 3.15. The van der Waals surface area contributed by atoms with Gasteiger partial charge in [0.25, 0.3) is 0 Å². The largest absolute Gasteiger partial charge is 0.437 e. The highest BCUT2D eigenvalue weighted by atomic mass is 19.1. The zero-order valence-corrected chi connectivity index (χ0v) is 10.6. The highest BCUT2D eigenvalue weighted by molar-refractivity contribution is 5.51. The molecule has 1 N–H and O–H groups in total. The van der Waals surface area contributed by atoms with Gasteiger partial charge >= 0.3 is 5.76 Å². The molecule has 2 heterocycles. The topological polar surface area (TPSA) is 77.5 Å². The van der Waals surface area contributed by atoms with Crippen LogP contribution in [0.2, 0.25) is 0 Å². The number of rotatable bonds is 4. The highest BCUT2D eigenvalue weighted by Gasteiger charge is 2.39. The van der Waals surface area contributed by atoms with Crippen molar-refractivity contribution in [2.24, 2.45) is 5.41 Å². The Morgan fingerprint density at radius 2 is 2.05 bits per heavy atom. The number of benzene rings is 1. The summed E-state index contributed by atoms with van der Waals surface area (Å²) in [5.74, 6) is -0.853. The minimum atomic E-state index is -0.607. The van der Waals surface area contributed by atoms with E-state index in [1.807, 2.05) is 0 Å². The number of ether oxygens (including phenoxy) is 1. The van der Waals surface area contributed by atoms with Gasteiger partial charge in [0.05, 0.1) is 31.8 Å². The molecule has 6 nitrogen and oxygen atoms in total. The molecule has 1 saturated heterocycles. The molecule has 0 atom stereocenters. The minimum Gasteiger partial charge on any atom is -0.396 e. The lowest BCUT2D eigenvalue weighted by molar-refractivity contribution is -0.146. The van der Waals surface area contributed by atoms with Gasteiger partial charge in [0.15, 0.2) is 0 Å². The Morgan fingerprint density at radius 1 is 1.35 bits per heavy atom. The van der Waals surface area contributed by atoms with Gasteiger partial charge in [0.1, 0.15) is 5.82 Å². The molecular formula is C13H13FN2O4. The molecule has 1 fully saturated rings. The lowest BCUT2D eigenvalue weighted by Crippen LogP contribution is -2.50. The second-order valence-corrected chi connectivity index (χ2v) is 4.99. The maximum absolute atomic E-state index is 12.8. The van der Waals surface area contributed by atoms with E-state index in [0.717, 1.165) is 4.68 Å². The Hall–Kier alpha value is -1.99. The van der Waals surface area contributed by atoms with Crippen molar-refractivity contribution in [3.63, 3.8) is 0 Å². The second kappa shape index (κ2) is 4.84. The molecule has 106 valence electrons. The number of aliphatic hydroxyl groups excluding tert-OH is 1. The van der Waals surface area contributed by atoms with E-state index in [0.29, 0.717) is 18.8 Å². The number of aromatic nitrogens is 2. The van der Waals surface area contributed by atoms with Crippen LogP contribution < -0.4 is 5.76 Å². The van der Waals surface area contributed by atoms with E-state index in [1.165, 1.54) is 24.3 Å². The first kappa shape index (κ1) is 13.0. The van der Waals surface area contributed by atoms with Gasteiger partial charge in [-0.2, -0.15) is 4.68 Å². The van der Waals surface area contributed by atoms with Crippen LogP contribution in [0.3, 0.4) is 0 Å². The number of hydrogen-bond acceptors (Lipinski definition) is 5. The van der Waals surface area contributed by atoms with Crippen molar-refractivity contribution in [1.29, 1.82) is 0 Å². The fourth-order valence-electron chi connectivity index (χ4n) is 2.06. The summed E-state index contributed by atoms with van der Waals surface area (Å²) in [6.07, 6.45) is 0. The maximum Gasteiger partial charge on any atom is 0.437 e. The quantitative estimate of drug-likeness (QED) is 0.889. The molecule has 0 spiro atoms. The molecule has 0 aliphatic carbocycles. The molecule has 7 heteroatoms. The zero-order chi connectivity index (χ0) is 14.2. The molecule has 1 aliphatic rings. The van der Waals surface area contributed by atoms with Gasteiger partial charge in [0.2, 0.25) is 5.89 Å². The predicted molar refractivity (Wildman–Crippen MR) is 66.5 cm³/mol. The molecule has 20 heavy (non-hydrogen) atoms. The summed E-state index contributed by atoms with van der Waals surface area (Å²) in [7, 11) is 0. The molecule has 0 unspecified atom stereocenters. The van der Waals surface area contributed by atoms with Crippen molar-refractivity contribution in [2.75, 3.05) is 19.8 Å². The van der Waals surface area contributed by atoms with E-state index in [1.54, 1.807) is 0 Å². The Bertz CT molecular complexity index is 652. The third-order valence-corrected chi connectivity index (χ3v) is 3.33. The first-order valence-corrected chi connectivity index (χ1v) is 6.14. The lowest BCUT2D eigenvalue weighted by Gasteiger charge is -2.39. The molecule has 3 rings (SSSR count). The minimum absolute atomic E-state index is 0.0851. The molecule has 2 aromatic rings. The van der Waals surface area contributed by atoms with Crippen LogP contribution in [0.25, 0.3) is 11.5 Å². The molecule has 0 amide bonds. The van der Waals surface area contributed by atoms with Gasteiger partial charge < -0.3 is 14.3 Å². The van der Waals surface area contributed by atoms with Crippen molar-refractivity contribution >= 4 is 0 Å². The summed E-state index contributed by atoms with van der Waals surface area (Å²) >= 11 is 0. The molecular weight excluding hydrogens is 267 g/mol. The number of halogens is 1. The van der Waals surface area contributed by atoms with Crippen molar-refractivity contribution in [3.8, 4) is 11.5 Å². The summed E-state index contributed by atoms with van der Waals surface area (Å²) < 4.78 is 24.1. The summed E-state index contributed by atoms with van der Waals surface area (Å²) in [5.41, 5.74) is 0.0472. The fraction of sp³-hybridized carbons (Fsp3) is 0.385. The molecule has 1 aromatic carbocycles. The van der Waals surface area contributed by atoms with Crippen LogP contribution in [0, 0.1) is 11.2 Å². The monoisotopic (exact) mass is 280 g/mol. The standard InChI is InChI=1S/C13H13FN2O4/c14-10-3-1-9(2-4-10)11-15-16(12(18)20-11)5-13(6-17)7-19-8-13/h1-4,17H,5-8H2. The number of hydrogen-bond donors (Lipinski definition) is 1. The van der Waals surface area contributed by atoms with Gasteiger partial charge in [-0.1, -0.05) is 0 Å². The molecule has 0 saturated carbocycles. The average Bonchev–Trinajstić information content (AvgIpc) is 2.76. The normalized spacial score (nSPS) is 16.9. The van der Waals surface area contributed by atoms with E-state index in [4.69, 9.17) is 9.15 Å². The number of nitrogens with zero attached hydrogens (tertiary/aromatic N) is 2. The van der Waals surface area contributed by atoms with Crippen LogP contribution in [0.5, 0.6) is 0 Å². The Labute approximate surface area is 113 Å². The fourth-order valence-corrected chi connectivity index (χ4v) is 2.06. The van der Waals surface area contributed by atoms with Crippen molar-refractivity contribution in [1.82, 2.24) is 9.78 Å². The van der Waals surface area contributed by atoms with Crippen LogP contribution in [0.4, 0.5) is 4.39 Å². The maximum atomic E-state index is 12.8. The van der Waals surface area contributed by atoms with Gasteiger partial charge in [-0.15, -0.1) is 5.10 Å². The summed E-state index contributed by atoms with van der Waals surface area (Å²) in [5, 5.41) is 13.4. The smallest absolute Gasteiger partial charge is 0.396 e. The predicted octanol–water partition coefficient (Wildman–Crippen LogP) is 0.651. The SMILES string of the molecule is O=c1oc(-c2ccc(F)cc2)nn1CC1(CO)COC1. The molecule has 0 bridgehead atoms. The number of aliphatic hydroxyl groups is 1. The van der Waals surface area contributed by atoms with E-state index < -0.39 is 11.2 Å². The summed E-state index contributed by atoms with van der Waals surface area (Å²) in [6, 6.07) is 5.51. The van der Waals surface area contributed by atoms with Crippen LogP contribution in [-0.2, 0) is 11.3 Å². The molecule has 0 radical (unpaired) electrons. The van der Waals surface area contributed by atoms with Crippen LogP contribution in [0.15, 0.2) is 33.5 Å². The average molecular weight is 280 g/mol. The van der Waals surface area contributed by atoms with Gasteiger partial charge in [0, 0.05) is 5.56 Å². The van der Waals surface area contributed by atoms with Gasteiger partial charge in [-0.25, -0.2) is 9.18 Å². The first-order valence-electron chi connectivity index (χ1n) is 6.14. The van der Waals surface area contributed by atoms with Crippen molar-refractivity contribution in [3.05, 3.63) is 40.6 Å². The highest BCUT2D eigenvalue weighted by Crippen LogP contribution is 2.28. The lowest BCUT2D eigenvalue weighted by atomic mass is 9.87. The molecule has 1 aromatic heterocycles. The van der Waals surface area contributed by atoms with E-state index in [9.17, 15) is 14.3 Å². The van der Waals surface area contributed by atoms with Crippen LogP contribution in [-0.4, -0.2) is 34.7 Å². The first-order chi connectivity index (χ1) is 9.62. The van der Waals surface area contributed by atoms with Gasteiger partial charge in [-0.05, 0) is 24.3 Å². The van der Waals surface area contributed by atoms with E-state index in [2.05, 4.69) is 5.10 Å².